The number of para-hydroxylation sites is 1. The molecule has 2 aliphatic rings. The molecule has 11 heteroatoms. The number of nitrogens with one attached hydrogen (secondary N) is 2. The van der Waals surface area contributed by atoms with Crippen molar-refractivity contribution in [2.24, 2.45) is 5.92 Å². The third kappa shape index (κ3) is 4.79. The molecular weight excluding hydrogens is 536 g/mol. The molecular formula is C28H24N4O5S2. The maximum atomic E-state index is 13.7. The highest BCUT2D eigenvalue weighted by atomic mass is 32.2. The van der Waals surface area contributed by atoms with Crippen LogP contribution in [0.1, 0.15) is 31.2 Å². The highest BCUT2D eigenvalue weighted by Crippen LogP contribution is 2.41. The average Bonchev–Trinajstić information content (AvgIpc) is 3.33. The lowest BCUT2D eigenvalue weighted by Crippen LogP contribution is -2.18. The molecule has 2 aromatic carbocycles. The number of methoxy groups -OCH3 is 1. The Hall–Kier alpha value is -4.09. The summed E-state index contributed by atoms with van der Waals surface area (Å²) >= 11 is 1.23. The first-order valence-corrected chi connectivity index (χ1v) is 14.7. The van der Waals surface area contributed by atoms with Gasteiger partial charge in [0.2, 0.25) is 15.7 Å². The van der Waals surface area contributed by atoms with Crippen LogP contribution in [-0.4, -0.2) is 37.2 Å². The first kappa shape index (κ1) is 25.2. The molecule has 6 rings (SSSR count). The van der Waals surface area contributed by atoms with Gasteiger partial charge in [-0.25, -0.2) is 18.4 Å². The normalized spacial score (nSPS) is 16.7. The van der Waals surface area contributed by atoms with E-state index in [0.717, 1.165) is 0 Å². The number of hydrogen-bond acceptors (Lipinski definition) is 9. The molecule has 198 valence electrons. The van der Waals surface area contributed by atoms with Crippen molar-refractivity contribution in [1.82, 2.24) is 9.97 Å². The number of carbonyl (C=O) groups excluding carboxylic acids is 2. The van der Waals surface area contributed by atoms with Crippen LogP contribution in [0.5, 0.6) is 5.88 Å². The molecule has 4 aromatic rings. The topological polar surface area (TPSA) is 127 Å². The van der Waals surface area contributed by atoms with Crippen molar-refractivity contribution in [1.29, 1.82) is 0 Å². The lowest BCUT2D eigenvalue weighted by Gasteiger charge is -2.23. The second-order valence-corrected chi connectivity index (χ2v) is 12.3. The molecule has 39 heavy (non-hydrogen) atoms. The van der Waals surface area contributed by atoms with E-state index in [0.29, 0.717) is 69.6 Å². The number of ether oxygens (including phenoxy) is 1. The Morgan fingerprint density at radius 1 is 1.05 bits per heavy atom. The minimum atomic E-state index is -3.71. The monoisotopic (exact) mass is 560 g/mol. The lowest BCUT2D eigenvalue weighted by molar-refractivity contribution is -0.120. The number of amides is 1. The van der Waals surface area contributed by atoms with Gasteiger partial charge in [-0.2, -0.15) is 0 Å². The smallest absolute Gasteiger partial charge is 0.257 e. The Balaban J connectivity index is 1.37. The second kappa shape index (κ2) is 9.90. The van der Waals surface area contributed by atoms with Crippen molar-refractivity contribution >= 4 is 65.3 Å². The minimum absolute atomic E-state index is 0.0400. The number of carbonyl (C=O) groups is 2. The second-order valence-electron chi connectivity index (χ2n) is 9.44. The number of aromatic nitrogens is 2. The number of anilines is 3. The van der Waals surface area contributed by atoms with Crippen LogP contribution in [0.4, 0.5) is 16.5 Å². The fourth-order valence-electron chi connectivity index (χ4n) is 4.90. The van der Waals surface area contributed by atoms with Crippen LogP contribution >= 0.6 is 11.3 Å². The number of rotatable bonds is 5. The predicted molar refractivity (Wildman–Crippen MR) is 149 cm³/mol. The molecule has 2 aromatic heterocycles. The van der Waals surface area contributed by atoms with Gasteiger partial charge in [0.05, 0.1) is 28.3 Å². The number of pyridine rings is 1. The van der Waals surface area contributed by atoms with E-state index < -0.39 is 9.84 Å². The van der Waals surface area contributed by atoms with Crippen molar-refractivity contribution in [3.63, 3.8) is 0 Å². The summed E-state index contributed by atoms with van der Waals surface area (Å²) in [5, 5.41) is 6.48. The molecule has 3 heterocycles. The zero-order valence-corrected chi connectivity index (χ0v) is 22.6. The summed E-state index contributed by atoms with van der Waals surface area (Å²) in [6.07, 6.45) is 4.16. The van der Waals surface area contributed by atoms with Crippen molar-refractivity contribution in [2.45, 2.75) is 35.5 Å². The number of ketones is 1. The molecule has 1 amide bonds. The fourth-order valence-corrected chi connectivity index (χ4v) is 7.27. The summed E-state index contributed by atoms with van der Waals surface area (Å²) in [4.78, 5) is 35.3. The Morgan fingerprint density at radius 3 is 2.62 bits per heavy atom. The van der Waals surface area contributed by atoms with Crippen molar-refractivity contribution in [3.8, 4) is 5.88 Å². The third-order valence-corrected chi connectivity index (χ3v) is 9.67. The number of fused-ring (bicyclic) bond motifs is 3. The number of allylic oxidation sites excluding steroid dienone is 1. The lowest BCUT2D eigenvalue weighted by atomic mass is 9.86. The molecule has 1 fully saturated rings. The first-order valence-electron chi connectivity index (χ1n) is 12.4. The maximum absolute atomic E-state index is 13.7. The van der Waals surface area contributed by atoms with E-state index in [1.165, 1.54) is 24.5 Å². The van der Waals surface area contributed by atoms with Crippen LogP contribution in [0.15, 0.2) is 70.5 Å². The van der Waals surface area contributed by atoms with Crippen LogP contribution < -0.4 is 15.4 Å². The van der Waals surface area contributed by atoms with E-state index in [9.17, 15) is 18.0 Å². The van der Waals surface area contributed by atoms with E-state index in [1.54, 1.807) is 48.5 Å². The molecule has 2 N–H and O–H groups in total. The molecule has 0 unspecified atom stereocenters. The molecule has 9 nitrogen and oxygen atoms in total. The summed E-state index contributed by atoms with van der Waals surface area (Å²) in [5.41, 5.74) is 2.47. The zero-order valence-electron chi connectivity index (χ0n) is 20.9. The number of sulfone groups is 1. The molecule has 1 saturated carbocycles. The predicted octanol–water partition coefficient (Wildman–Crippen LogP) is 5.37. The van der Waals surface area contributed by atoms with Gasteiger partial charge in [-0.3, -0.25) is 14.9 Å². The highest BCUT2D eigenvalue weighted by molar-refractivity contribution is 7.92. The van der Waals surface area contributed by atoms with E-state index in [4.69, 9.17) is 4.74 Å². The average molecular weight is 561 g/mol. The van der Waals surface area contributed by atoms with Gasteiger partial charge in [0, 0.05) is 24.5 Å². The quantitative estimate of drug-likeness (QED) is 0.275. The minimum Gasteiger partial charge on any atom is -0.481 e. The Morgan fingerprint density at radius 2 is 1.82 bits per heavy atom. The van der Waals surface area contributed by atoms with Crippen molar-refractivity contribution < 1.29 is 22.7 Å². The van der Waals surface area contributed by atoms with Gasteiger partial charge in [-0.1, -0.05) is 35.6 Å². The van der Waals surface area contributed by atoms with Gasteiger partial charge in [0.1, 0.15) is 16.1 Å². The number of Topliss-reactive ketones (excluding diaryl/α,β-unsaturated/α-hetero) is 1. The van der Waals surface area contributed by atoms with Crippen molar-refractivity contribution in [3.05, 3.63) is 66.2 Å². The van der Waals surface area contributed by atoms with Crippen LogP contribution in [0.3, 0.4) is 0 Å². The van der Waals surface area contributed by atoms with E-state index >= 15 is 0 Å². The maximum Gasteiger partial charge on any atom is 0.257 e. The molecule has 0 radical (unpaired) electrons. The molecule has 0 spiro atoms. The molecule has 0 bridgehead atoms. The molecule has 0 atom stereocenters. The zero-order chi connectivity index (χ0) is 27.1. The number of hydrogen-bond donors (Lipinski definition) is 2. The standard InChI is InChI=1S/C28H24N4O5S2/c1-37-25-13-11-21-27(31-25)38-28(30-21)32-26(34)19(14-16-6-9-18(33)10-7-16)17-8-12-24-22(15-17)29-20-4-2-3-5-23(20)39(24,35)36/h2-5,8,11-16,29H,6-7,9-10H2,1H3,(H,30,32,34). The molecule has 0 saturated heterocycles. The van der Waals surface area contributed by atoms with Gasteiger partial charge in [-0.15, -0.1) is 0 Å². The van der Waals surface area contributed by atoms with Crippen LogP contribution in [0, 0.1) is 5.92 Å². The number of nitrogens with zero attached hydrogens (tertiary/aromatic N) is 2. The van der Waals surface area contributed by atoms with Gasteiger partial charge in [0.25, 0.3) is 5.91 Å². The van der Waals surface area contributed by atoms with Gasteiger partial charge in [-0.05, 0) is 54.7 Å². The Bertz CT molecular complexity index is 1770. The largest absolute Gasteiger partial charge is 0.481 e. The Labute approximate surface area is 228 Å². The van der Waals surface area contributed by atoms with E-state index in [2.05, 4.69) is 20.6 Å². The van der Waals surface area contributed by atoms with Crippen molar-refractivity contribution in [2.75, 3.05) is 17.7 Å². The van der Waals surface area contributed by atoms with Gasteiger partial charge < -0.3 is 10.1 Å². The van der Waals surface area contributed by atoms with Crippen LogP contribution in [-0.2, 0) is 19.4 Å². The highest BCUT2D eigenvalue weighted by Gasteiger charge is 2.30. The SMILES string of the molecule is COc1ccc2nc(NC(=O)C(=CC3CCC(=O)CC3)c3ccc4c(c3)Nc3ccccc3S4(=O)=O)sc2n1. The van der Waals surface area contributed by atoms with Gasteiger partial charge >= 0.3 is 0 Å². The third-order valence-electron chi connectivity index (χ3n) is 6.92. The Kier molecular flexibility index (Phi) is 6.40. The first-order chi connectivity index (χ1) is 18.8. The summed E-state index contributed by atoms with van der Waals surface area (Å²) in [6.45, 7) is 0. The molecule has 1 aliphatic heterocycles. The summed E-state index contributed by atoms with van der Waals surface area (Å²) in [5.74, 6) is 0.342. The van der Waals surface area contributed by atoms with E-state index in [-0.39, 0.29) is 27.4 Å². The van der Waals surface area contributed by atoms with E-state index in [1.807, 2.05) is 6.08 Å². The van der Waals surface area contributed by atoms with Crippen LogP contribution in [0.25, 0.3) is 15.9 Å². The molecule has 1 aliphatic carbocycles. The fraction of sp³-hybridized carbons (Fsp3) is 0.214. The summed E-state index contributed by atoms with van der Waals surface area (Å²) < 4.78 is 31.7. The summed E-state index contributed by atoms with van der Waals surface area (Å²) in [6, 6.07) is 15.1. The van der Waals surface area contributed by atoms with Gasteiger partial charge in [0.15, 0.2) is 5.13 Å². The number of thiazole rings is 1. The summed E-state index contributed by atoms with van der Waals surface area (Å²) in [7, 11) is -2.18. The van der Waals surface area contributed by atoms with Crippen LogP contribution in [0.2, 0.25) is 0 Å². The number of benzene rings is 2.